The van der Waals surface area contributed by atoms with Crippen molar-refractivity contribution in [1.82, 2.24) is 14.9 Å². The molecule has 2 aromatic rings. The van der Waals surface area contributed by atoms with Gasteiger partial charge in [-0.25, -0.2) is 14.6 Å². The van der Waals surface area contributed by atoms with Crippen molar-refractivity contribution in [3.8, 4) is 5.82 Å². The van der Waals surface area contributed by atoms with E-state index in [1.165, 1.54) is 0 Å². The summed E-state index contributed by atoms with van der Waals surface area (Å²) in [6, 6.07) is 8.12. The lowest BCUT2D eigenvalue weighted by Crippen LogP contribution is -2.44. The number of aromatic nitrogens is 2. The molecule has 2 heterocycles. The Balaban J connectivity index is 2.17. The monoisotopic (exact) mass is 345 g/mol. The smallest absolute Gasteiger partial charge is 0.408 e. The van der Waals surface area contributed by atoms with E-state index in [9.17, 15) is 14.7 Å². The number of alkyl carbamates (subject to hydrolysis) is 1. The molecule has 0 saturated carbocycles. The molecular weight excluding hydrogens is 322 g/mol. The lowest BCUT2D eigenvalue weighted by atomic mass is 10.1. The van der Waals surface area contributed by atoms with Gasteiger partial charge < -0.3 is 19.7 Å². The van der Waals surface area contributed by atoms with Crippen molar-refractivity contribution in [3.05, 3.63) is 47.9 Å². The molecule has 1 unspecified atom stereocenters. The van der Waals surface area contributed by atoms with Gasteiger partial charge in [-0.1, -0.05) is 6.07 Å². The predicted octanol–water partition coefficient (Wildman–Crippen LogP) is 2.70. The second-order valence-corrected chi connectivity index (χ2v) is 6.75. The fourth-order valence-corrected chi connectivity index (χ4v) is 2.33. The average molecular weight is 345 g/mol. The van der Waals surface area contributed by atoms with Gasteiger partial charge >= 0.3 is 12.1 Å². The van der Waals surface area contributed by atoms with E-state index in [-0.39, 0.29) is 6.42 Å². The quantitative estimate of drug-likeness (QED) is 0.869. The van der Waals surface area contributed by atoms with Gasteiger partial charge in [0.25, 0.3) is 0 Å². The lowest BCUT2D eigenvalue weighted by Gasteiger charge is -2.22. The second kappa shape index (κ2) is 7.38. The third-order valence-corrected chi connectivity index (χ3v) is 3.36. The zero-order chi connectivity index (χ0) is 18.6. The highest BCUT2D eigenvalue weighted by Gasteiger charge is 2.25. The van der Waals surface area contributed by atoms with Crippen molar-refractivity contribution in [1.29, 1.82) is 0 Å². The normalized spacial score (nSPS) is 12.5. The van der Waals surface area contributed by atoms with E-state index in [1.807, 2.05) is 37.4 Å². The number of hydrogen-bond donors (Lipinski definition) is 2. The van der Waals surface area contributed by atoms with E-state index in [2.05, 4.69) is 10.3 Å². The van der Waals surface area contributed by atoms with Crippen LogP contribution in [0.15, 0.2) is 36.5 Å². The van der Waals surface area contributed by atoms with Crippen molar-refractivity contribution >= 4 is 12.1 Å². The number of carboxylic acids is 1. The number of pyridine rings is 1. The van der Waals surface area contributed by atoms with Gasteiger partial charge in [-0.2, -0.15) is 0 Å². The summed E-state index contributed by atoms with van der Waals surface area (Å²) in [6.45, 7) is 7.04. The molecule has 134 valence electrons. The van der Waals surface area contributed by atoms with Gasteiger partial charge in [0.15, 0.2) is 0 Å². The van der Waals surface area contributed by atoms with Crippen LogP contribution in [0.3, 0.4) is 0 Å². The standard InChI is InChI=1S/C18H23N3O4/c1-12-7-5-9-15(19-12)21-10-6-8-13(21)11-14(16(22)23)20-17(24)25-18(2,3)4/h5-10,14H,11H2,1-4H3,(H,20,24)(H,22,23). The summed E-state index contributed by atoms with van der Waals surface area (Å²) in [5.41, 5.74) is 0.888. The highest BCUT2D eigenvalue weighted by molar-refractivity contribution is 5.80. The van der Waals surface area contributed by atoms with Crippen LogP contribution in [0.1, 0.15) is 32.2 Å². The highest BCUT2D eigenvalue weighted by atomic mass is 16.6. The Bertz CT molecular complexity index is 762. The zero-order valence-corrected chi connectivity index (χ0v) is 14.8. The first-order valence-electron chi connectivity index (χ1n) is 7.98. The van der Waals surface area contributed by atoms with Crippen LogP contribution in [0.25, 0.3) is 5.82 Å². The SMILES string of the molecule is Cc1cccc(-n2cccc2CC(NC(=O)OC(C)(C)C)C(=O)O)n1. The first-order chi connectivity index (χ1) is 11.7. The molecule has 2 N–H and O–H groups in total. The van der Waals surface area contributed by atoms with Gasteiger partial charge in [0.1, 0.15) is 17.5 Å². The molecule has 0 bridgehead atoms. The molecule has 2 aromatic heterocycles. The Labute approximate surface area is 146 Å². The number of rotatable bonds is 5. The van der Waals surface area contributed by atoms with Gasteiger partial charge in [0, 0.05) is 24.0 Å². The van der Waals surface area contributed by atoms with Crippen molar-refractivity contribution in [2.24, 2.45) is 0 Å². The summed E-state index contributed by atoms with van der Waals surface area (Å²) in [5.74, 6) is -0.433. The summed E-state index contributed by atoms with van der Waals surface area (Å²) < 4.78 is 6.94. The molecule has 0 radical (unpaired) electrons. The molecular formula is C18H23N3O4. The first kappa shape index (κ1) is 18.5. The summed E-state index contributed by atoms with van der Waals surface area (Å²) in [4.78, 5) is 27.9. The fraction of sp³-hybridized carbons (Fsp3) is 0.389. The average Bonchev–Trinajstić information content (AvgIpc) is 2.92. The number of carbonyl (C=O) groups is 2. The van der Waals surface area contributed by atoms with Crippen LogP contribution in [0.2, 0.25) is 0 Å². The van der Waals surface area contributed by atoms with E-state index in [0.29, 0.717) is 5.82 Å². The maximum absolute atomic E-state index is 11.9. The largest absolute Gasteiger partial charge is 0.480 e. The van der Waals surface area contributed by atoms with Gasteiger partial charge in [-0.05, 0) is 52.0 Å². The van der Waals surface area contributed by atoms with Gasteiger partial charge in [0.2, 0.25) is 0 Å². The molecule has 0 saturated heterocycles. The van der Waals surface area contributed by atoms with E-state index in [0.717, 1.165) is 11.4 Å². The summed E-state index contributed by atoms with van der Waals surface area (Å²) in [5, 5.41) is 11.8. The number of aryl methyl sites for hydroxylation is 1. The summed E-state index contributed by atoms with van der Waals surface area (Å²) in [7, 11) is 0. The molecule has 2 rings (SSSR count). The fourth-order valence-electron chi connectivity index (χ4n) is 2.33. The minimum absolute atomic E-state index is 0.108. The molecule has 25 heavy (non-hydrogen) atoms. The van der Waals surface area contributed by atoms with Crippen molar-refractivity contribution in [2.75, 3.05) is 0 Å². The lowest BCUT2D eigenvalue weighted by molar-refractivity contribution is -0.139. The molecule has 0 fully saturated rings. The van der Waals surface area contributed by atoms with Crippen LogP contribution in [0.4, 0.5) is 4.79 Å². The number of aliphatic carboxylic acids is 1. The molecule has 0 aromatic carbocycles. The molecule has 7 nitrogen and oxygen atoms in total. The Morgan fingerprint density at radius 1 is 1.28 bits per heavy atom. The van der Waals surface area contributed by atoms with Gasteiger partial charge in [-0.15, -0.1) is 0 Å². The van der Waals surface area contributed by atoms with Crippen molar-refractivity contribution < 1.29 is 19.4 Å². The number of carboxylic acid groups (broad SMARTS) is 1. The molecule has 0 aliphatic carbocycles. The molecule has 0 spiro atoms. The minimum atomic E-state index is -1.13. The topological polar surface area (TPSA) is 93.5 Å². The van der Waals surface area contributed by atoms with Crippen molar-refractivity contribution in [3.63, 3.8) is 0 Å². The maximum Gasteiger partial charge on any atom is 0.408 e. The number of nitrogens with zero attached hydrogens (tertiary/aromatic N) is 2. The van der Waals surface area contributed by atoms with Crippen LogP contribution in [-0.2, 0) is 16.0 Å². The molecule has 1 atom stereocenters. The molecule has 0 aliphatic rings. The van der Waals surface area contributed by atoms with Crippen molar-refractivity contribution in [2.45, 2.75) is 45.8 Å². The number of hydrogen-bond acceptors (Lipinski definition) is 4. The number of amides is 1. The Morgan fingerprint density at radius 2 is 2.00 bits per heavy atom. The third-order valence-electron chi connectivity index (χ3n) is 3.36. The van der Waals surface area contributed by atoms with Gasteiger partial charge in [-0.3, -0.25) is 0 Å². The molecule has 7 heteroatoms. The first-order valence-corrected chi connectivity index (χ1v) is 7.98. The highest BCUT2D eigenvalue weighted by Crippen LogP contribution is 2.14. The van der Waals surface area contributed by atoms with E-state index in [4.69, 9.17) is 4.74 Å². The van der Waals surface area contributed by atoms with E-state index >= 15 is 0 Å². The Hall–Kier alpha value is -2.83. The maximum atomic E-state index is 11.9. The van der Waals surface area contributed by atoms with Gasteiger partial charge in [0.05, 0.1) is 0 Å². The van der Waals surface area contributed by atoms with Crippen LogP contribution in [0, 0.1) is 6.92 Å². The molecule has 1 amide bonds. The Morgan fingerprint density at radius 3 is 2.60 bits per heavy atom. The minimum Gasteiger partial charge on any atom is -0.480 e. The van der Waals surface area contributed by atoms with Crippen LogP contribution in [-0.4, -0.2) is 38.4 Å². The second-order valence-electron chi connectivity index (χ2n) is 6.75. The van der Waals surface area contributed by atoms with E-state index in [1.54, 1.807) is 31.4 Å². The van der Waals surface area contributed by atoms with Crippen LogP contribution in [0.5, 0.6) is 0 Å². The third kappa shape index (κ3) is 5.34. The number of carbonyl (C=O) groups excluding carboxylic acids is 1. The summed E-state index contributed by atoms with van der Waals surface area (Å²) in [6.07, 6.45) is 1.16. The number of ether oxygens (including phenoxy) is 1. The zero-order valence-electron chi connectivity index (χ0n) is 14.8. The number of nitrogens with one attached hydrogen (secondary N) is 1. The van der Waals surface area contributed by atoms with Crippen LogP contribution >= 0.6 is 0 Å². The summed E-state index contributed by atoms with van der Waals surface area (Å²) >= 11 is 0. The van der Waals surface area contributed by atoms with E-state index < -0.39 is 23.7 Å². The van der Waals surface area contributed by atoms with Crippen LogP contribution < -0.4 is 5.32 Å². The Kier molecular flexibility index (Phi) is 5.46. The predicted molar refractivity (Wildman–Crippen MR) is 92.8 cm³/mol. The molecule has 0 aliphatic heterocycles.